The molecule has 0 aromatic rings. The molecule has 0 aromatic heterocycles. The maximum Gasteiger partial charge on any atom is 0.317 e. The number of amides is 2. The number of ether oxygens (including phenoxy) is 1. The molecule has 2 atom stereocenters. The fraction of sp³-hybridized carbons (Fsp3) is 0.833. The second kappa shape index (κ2) is 4.76. The zero-order valence-corrected chi connectivity index (χ0v) is 10.8. The molecule has 2 aliphatic rings. The first-order chi connectivity index (χ1) is 8.43. The van der Waals surface area contributed by atoms with Crippen LogP contribution in [-0.4, -0.2) is 53.8 Å². The molecule has 102 valence electrons. The molecular weight excluding hydrogens is 236 g/mol. The van der Waals surface area contributed by atoms with Gasteiger partial charge in [-0.2, -0.15) is 0 Å². The van der Waals surface area contributed by atoms with Gasteiger partial charge in [0.2, 0.25) is 0 Å². The smallest absolute Gasteiger partial charge is 0.317 e. The van der Waals surface area contributed by atoms with Gasteiger partial charge in [-0.1, -0.05) is 0 Å². The predicted octanol–water partition coefficient (Wildman–Crippen LogP) is 0.670. The third kappa shape index (κ3) is 2.75. The molecular formula is C12H20N2O4. The third-order valence-electron chi connectivity index (χ3n) is 3.59. The van der Waals surface area contributed by atoms with E-state index in [1.807, 2.05) is 13.8 Å². The maximum absolute atomic E-state index is 12.0. The Morgan fingerprint density at radius 1 is 1.33 bits per heavy atom. The van der Waals surface area contributed by atoms with Gasteiger partial charge >= 0.3 is 12.0 Å². The van der Waals surface area contributed by atoms with Gasteiger partial charge in [0.05, 0.1) is 17.6 Å². The average molecular weight is 256 g/mol. The fourth-order valence-corrected chi connectivity index (χ4v) is 2.32. The van der Waals surface area contributed by atoms with Gasteiger partial charge in [-0.15, -0.1) is 0 Å². The van der Waals surface area contributed by atoms with Crippen LogP contribution in [0.25, 0.3) is 0 Å². The number of hydrogen-bond donors (Lipinski definition) is 2. The molecule has 1 heterocycles. The van der Waals surface area contributed by atoms with Crippen LogP contribution in [0.1, 0.15) is 26.7 Å². The van der Waals surface area contributed by atoms with Crippen LogP contribution in [0.3, 0.4) is 0 Å². The normalized spacial score (nSPS) is 29.8. The predicted molar refractivity (Wildman–Crippen MR) is 64.3 cm³/mol. The standard InChI is InChI=1S/C12H20N2O4/c1-8-5-14(6-9(2)18-8)11(17)13-7-12(3-4-12)10(15)16/h8-9H,3-7H2,1-2H3,(H,13,17)(H,15,16)/t8-,9+. The average Bonchev–Trinajstić information content (AvgIpc) is 3.05. The number of rotatable bonds is 3. The molecule has 6 nitrogen and oxygen atoms in total. The molecule has 18 heavy (non-hydrogen) atoms. The number of urea groups is 1. The van der Waals surface area contributed by atoms with E-state index < -0.39 is 11.4 Å². The third-order valence-corrected chi connectivity index (χ3v) is 3.59. The Bertz CT molecular complexity index is 344. The van der Waals surface area contributed by atoms with Crippen LogP contribution in [0, 0.1) is 5.41 Å². The zero-order valence-electron chi connectivity index (χ0n) is 10.8. The minimum absolute atomic E-state index is 0.0221. The van der Waals surface area contributed by atoms with Crippen LogP contribution in [-0.2, 0) is 9.53 Å². The Morgan fingerprint density at radius 2 is 1.89 bits per heavy atom. The molecule has 0 aromatic carbocycles. The fourth-order valence-electron chi connectivity index (χ4n) is 2.32. The molecule has 2 amide bonds. The van der Waals surface area contributed by atoms with Crippen molar-refractivity contribution in [2.24, 2.45) is 5.41 Å². The van der Waals surface area contributed by atoms with Crippen molar-refractivity contribution in [3.63, 3.8) is 0 Å². The highest BCUT2D eigenvalue weighted by Gasteiger charge is 2.50. The quantitative estimate of drug-likeness (QED) is 0.778. The molecule has 0 radical (unpaired) electrons. The number of carbonyl (C=O) groups is 2. The van der Waals surface area contributed by atoms with Gasteiger partial charge < -0.3 is 20.1 Å². The highest BCUT2D eigenvalue weighted by Crippen LogP contribution is 2.45. The summed E-state index contributed by atoms with van der Waals surface area (Å²) in [5, 5.41) is 11.8. The number of morpholine rings is 1. The van der Waals surface area contributed by atoms with E-state index in [4.69, 9.17) is 9.84 Å². The molecule has 1 saturated carbocycles. The number of carboxylic acids is 1. The topological polar surface area (TPSA) is 78.9 Å². The number of nitrogens with one attached hydrogen (secondary N) is 1. The van der Waals surface area contributed by atoms with Gasteiger partial charge in [-0.05, 0) is 26.7 Å². The minimum Gasteiger partial charge on any atom is -0.481 e. The van der Waals surface area contributed by atoms with E-state index in [1.165, 1.54) is 0 Å². The first-order valence-corrected chi connectivity index (χ1v) is 6.34. The van der Waals surface area contributed by atoms with E-state index in [0.29, 0.717) is 25.9 Å². The Balaban J connectivity index is 1.83. The molecule has 6 heteroatoms. The summed E-state index contributed by atoms with van der Waals surface area (Å²) in [7, 11) is 0. The Kier molecular flexibility index (Phi) is 3.47. The first kappa shape index (κ1) is 13.1. The van der Waals surface area contributed by atoms with E-state index in [-0.39, 0.29) is 24.8 Å². The summed E-state index contributed by atoms with van der Waals surface area (Å²) in [5.74, 6) is -0.813. The summed E-state index contributed by atoms with van der Waals surface area (Å²) in [6.07, 6.45) is 1.35. The highest BCUT2D eigenvalue weighted by atomic mass is 16.5. The molecule has 0 bridgehead atoms. The van der Waals surface area contributed by atoms with E-state index >= 15 is 0 Å². The lowest BCUT2D eigenvalue weighted by atomic mass is 10.1. The van der Waals surface area contributed by atoms with Crippen molar-refractivity contribution in [1.82, 2.24) is 10.2 Å². The number of carbonyl (C=O) groups excluding carboxylic acids is 1. The summed E-state index contributed by atoms with van der Waals surface area (Å²) in [5.41, 5.74) is -0.709. The van der Waals surface area contributed by atoms with E-state index in [0.717, 1.165) is 0 Å². The Hall–Kier alpha value is -1.30. The minimum atomic E-state index is -0.813. The summed E-state index contributed by atoms with van der Waals surface area (Å²) in [6, 6.07) is -0.190. The summed E-state index contributed by atoms with van der Waals surface area (Å²) >= 11 is 0. The molecule has 1 aliphatic heterocycles. The molecule has 1 aliphatic carbocycles. The Morgan fingerprint density at radius 3 is 2.33 bits per heavy atom. The SMILES string of the molecule is C[C@@H]1CN(C(=O)NCC2(C(=O)O)CC2)C[C@H](C)O1. The van der Waals surface area contributed by atoms with E-state index in [2.05, 4.69) is 5.32 Å². The van der Waals surface area contributed by atoms with Gasteiger partial charge in [0.15, 0.2) is 0 Å². The summed E-state index contributed by atoms with van der Waals surface area (Å²) < 4.78 is 5.55. The summed E-state index contributed by atoms with van der Waals surface area (Å²) in [6.45, 7) is 5.18. The van der Waals surface area contributed by atoms with Crippen LogP contribution in [0.5, 0.6) is 0 Å². The molecule has 0 spiro atoms. The number of hydrogen-bond acceptors (Lipinski definition) is 3. The van der Waals surface area contributed by atoms with Gasteiger partial charge in [0, 0.05) is 19.6 Å². The second-order valence-corrected chi connectivity index (χ2v) is 5.41. The summed E-state index contributed by atoms with van der Waals surface area (Å²) in [4.78, 5) is 24.6. The lowest BCUT2D eigenvalue weighted by molar-refractivity contribution is -0.143. The van der Waals surface area contributed by atoms with E-state index in [1.54, 1.807) is 4.90 Å². The van der Waals surface area contributed by atoms with E-state index in [9.17, 15) is 9.59 Å². The second-order valence-electron chi connectivity index (χ2n) is 5.41. The van der Waals surface area contributed by atoms with Crippen LogP contribution in [0.4, 0.5) is 4.79 Å². The van der Waals surface area contributed by atoms with Crippen LogP contribution in [0.2, 0.25) is 0 Å². The lowest BCUT2D eigenvalue weighted by Gasteiger charge is -2.35. The van der Waals surface area contributed by atoms with Gasteiger partial charge in [0.1, 0.15) is 0 Å². The van der Waals surface area contributed by atoms with Crippen molar-refractivity contribution in [3.8, 4) is 0 Å². The Labute approximate surface area is 106 Å². The molecule has 0 unspecified atom stereocenters. The van der Waals surface area contributed by atoms with Crippen molar-refractivity contribution < 1.29 is 19.4 Å². The van der Waals surface area contributed by atoms with Crippen molar-refractivity contribution >= 4 is 12.0 Å². The zero-order chi connectivity index (χ0) is 13.3. The number of aliphatic carboxylic acids is 1. The van der Waals surface area contributed by atoms with Crippen LogP contribution < -0.4 is 5.32 Å². The molecule has 2 N–H and O–H groups in total. The van der Waals surface area contributed by atoms with Crippen LogP contribution >= 0.6 is 0 Å². The molecule has 2 fully saturated rings. The lowest BCUT2D eigenvalue weighted by Crippen LogP contribution is -2.52. The van der Waals surface area contributed by atoms with Crippen molar-refractivity contribution in [2.75, 3.05) is 19.6 Å². The van der Waals surface area contributed by atoms with Crippen molar-refractivity contribution in [2.45, 2.75) is 38.9 Å². The van der Waals surface area contributed by atoms with Crippen molar-refractivity contribution in [3.05, 3.63) is 0 Å². The van der Waals surface area contributed by atoms with Crippen molar-refractivity contribution in [1.29, 1.82) is 0 Å². The molecule has 1 saturated heterocycles. The van der Waals surface area contributed by atoms with Gasteiger partial charge in [-0.25, -0.2) is 4.79 Å². The largest absolute Gasteiger partial charge is 0.481 e. The first-order valence-electron chi connectivity index (χ1n) is 6.34. The highest BCUT2D eigenvalue weighted by molar-refractivity contribution is 5.80. The van der Waals surface area contributed by atoms with Crippen LogP contribution in [0.15, 0.2) is 0 Å². The van der Waals surface area contributed by atoms with Gasteiger partial charge in [0.25, 0.3) is 0 Å². The molecule has 2 rings (SSSR count). The maximum atomic E-state index is 12.0. The number of nitrogens with zero attached hydrogens (tertiary/aromatic N) is 1. The van der Waals surface area contributed by atoms with Gasteiger partial charge in [-0.3, -0.25) is 4.79 Å². The number of carboxylic acid groups (broad SMARTS) is 1. The monoisotopic (exact) mass is 256 g/mol.